The topological polar surface area (TPSA) is 41.1 Å². The van der Waals surface area contributed by atoms with Crippen LogP contribution in [0.4, 0.5) is 0 Å². The van der Waals surface area contributed by atoms with Crippen LogP contribution in [0.15, 0.2) is 24.3 Å². The van der Waals surface area contributed by atoms with Gasteiger partial charge in [0.25, 0.3) is 0 Å². The van der Waals surface area contributed by atoms with E-state index in [2.05, 4.69) is 41.8 Å². The molecule has 1 aromatic carbocycles. The van der Waals surface area contributed by atoms with Crippen molar-refractivity contribution < 1.29 is 4.79 Å². The van der Waals surface area contributed by atoms with Crippen LogP contribution in [-0.2, 0) is 10.2 Å². The van der Waals surface area contributed by atoms with Crippen LogP contribution in [-0.4, -0.2) is 25.0 Å². The van der Waals surface area contributed by atoms with Gasteiger partial charge < -0.3 is 10.6 Å². The molecule has 1 aromatic rings. The summed E-state index contributed by atoms with van der Waals surface area (Å²) in [6.45, 7) is 4.06. The van der Waals surface area contributed by atoms with Crippen LogP contribution in [0.3, 0.4) is 0 Å². The summed E-state index contributed by atoms with van der Waals surface area (Å²) < 4.78 is 0. The number of carbonyl (C=O) groups excluding carboxylic acids is 1. The Bertz CT molecular complexity index is 500. The molecule has 1 saturated carbocycles. The summed E-state index contributed by atoms with van der Waals surface area (Å²) in [7, 11) is 0. The highest BCUT2D eigenvalue weighted by molar-refractivity contribution is 5.89. The van der Waals surface area contributed by atoms with Crippen molar-refractivity contribution in [3.63, 3.8) is 0 Å². The molecule has 2 N–H and O–H groups in total. The van der Waals surface area contributed by atoms with E-state index in [1.807, 2.05) is 0 Å². The second-order valence-electron chi connectivity index (χ2n) is 6.62. The van der Waals surface area contributed by atoms with Crippen molar-refractivity contribution in [2.75, 3.05) is 13.1 Å². The third kappa shape index (κ3) is 2.84. The second kappa shape index (κ2) is 6.18. The van der Waals surface area contributed by atoms with Gasteiger partial charge in [0.05, 0.1) is 5.41 Å². The zero-order chi connectivity index (χ0) is 14.7. The lowest BCUT2D eigenvalue weighted by Crippen LogP contribution is -2.50. The first kappa shape index (κ1) is 14.6. The maximum Gasteiger partial charge on any atom is 0.230 e. The van der Waals surface area contributed by atoms with E-state index >= 15 is 0 Å². The number of hydrogen-bond donors (Lipinski definition) is 2. The molecule has 1 aliphatic heterocycles. The molecule has 114 valence electrons. The van der Waals surface area contributed by atoms with Gasteiger partial charge in [0.1, 0.15) is 0 Å². The maximum atomic E-state index is 13.1. The Morgan fingerprint density at radius 1 is 1.24 bits per heavy atom. The Morgan fingerprint density at radius 2 is 2.00 bits per heavy atom. The van der Waals surface area contributed by atoms with Crippen LogP contribution in [0.2, 0.25) is 0 Å². The molecule has 1 unspecified atom stereocenters. The molecule has 1 aliphatic carbocycles. The minimum atomic E-state index is -0.299. The van der Waals surface area contributed by atoms with Gasteiger partial charge >= 0.3 is 0 Å². The fraction of sp³-hybridized carbons (Fsp3) is 0.611. The highest BCUT2D eigenvalue weighted by Crippen LogP contribution is 2.41. The van der Waals surface area contributed by atoms with E-state index in [4.69, 9.17) is 0 Å². The van der Waals surface area contributed by atoms with Gasteiger partial charge in [0, 0.05) is 12.6 Å². The Hall–Kier alpha value is -1.35. The normalized spacial score (nSPS) is 24.7. The summed E-state index contributed by atoms with van der Waals surface area (Å²) in [5, 5.41) is 6.64. The fourth-order valence-electron chi connectivity index (χ4n) is 3.99. The van der Waals surface area contributed by atoms with Crippen molar-refractivity contribution in [3.8, 4) is 0 Å². The van der Waals surface area contributed by atoms with E-state index in [9.17, 15) is 4.79 Å². The van der Waals surface area contributed by atoms with Crippen molar-refractivity contribution in [2.45, 2.75) is 56.9 Å². The van der Waals surface area contributed by atoms with Crippen molar-refractivity contribution in [1.29, 1.82) is 0 Å². The Morgan fingerprint density at radius 3 is 2.67 bits per heavy atom. The summed E-state index contributed by atoms with van der Waals surface area (Å²) in [6, 6.07) is 8.74. The molecular formula is C18H26N2O. The number of carbonyl (C=O) groups is 1. The van der Waals surface area contributed by atoms with Crippen molar-refractivity contribution in [1.82, 2.24) is 10.6 Å². The molecule has 1 saturated heterocycles. The van der Waals surface area contributed by atoms with Crippen LogP contribution < -0.4 is 10.6 Å². The molecule has 0 aromatic heterocycles. The summed E-state index contributed by atoms with van der Waals surface area (Å²) >= 11 is 0. The summed E-state index contributed by atoms with van der Waals surface area (Å²) in [4.78, 5) is 13.1. The quantitative estimate of drug-likeness (QED) is 0.897. The van der Waals surface area contributed by atoms with Crippen LogP contribution in [0.25, 0.3) is 0 Å². The smallest absolute Gasteiger partial charge is 0.230 e. The lowest BCUT2D eigenvalue weighted by atomic mass is 9.67. The van der Waals surface area contributed by atoms with E-state index in [0.29, 0.717) is 6.04 Å². The molecule has 1 atom stereocenters. The average molecular weight is 286 g/mol. The van der Waals surface area contributed by atoms with Gasteiger partial charge in [-0.25, -0.2) is 0 Å². The second-order valence-corrected chi connectivity index (χ2v) is 6.62. The third-order valence-corrected chi connectivity index (χ3v) is 5.20. The van der Waals surface area contributed by atoms with E-state index in [0.717, 1.165) is 45.2 Å². The fourth-order valence-corrected chi connectivity index (χ4v) is 3.99. The molecule has 1 amide bonds. The first-order valence-corrected chi connectivity index (χ1v) is 8.30. The molecule has 3 rings (SSSR count). The van der Waals surface area contributed by atoms with Crippen LogP contribution in [0, 0.1) is 6.92 Å². The lowest BCUT2D eigenvalue weighted by molar-refractivity contribution is -0.128. The van der Waals surface area contributed by atoms with Gasteiger partial charge in [0.2, 0.25) is 5.91 Å². The molecular weight excluding hydrogens is 260 g/mol. The number of hydrogen-bond acceptors (Lipinski definition) is 2. The van der Waals surface area contributed by atoms with E-state index < -0.39 is 0 Å². The predicted octanol–water partition coefficient (Wildman–Crippen LogP) is 2.68. The highest BCUT2D eigenvalue weighted by Gasteiger charge is 2.42. The minimum Gasteiger partial charge on any atom is -0.351 e. The summed E-state index contributed by atoms with van der Waals surface area (Å²) in [6.07, 6.45) is 6.60. The Kier molecular flexibility index (Phi) is 4.29. The largest absolute Gasteiger partial charge is 0.351 e. The predicted molar refractivity (Wildman–Crippen MR) is 85.4 cm³/mol. The van der Waals surface area contributed by atoms with Crippen LogP contribution >= 0.6 is 0 Å². The van der Waals surface area contributed by atoms with Crippen molar-refractivity contribution >= 4 is 5.91 Å². The lowest BCUT2D eigenvalue weighted by Gasteiger charge is -2.38. The zero-order valence-corrected chi connectivity index (χ0v) is 13.0. The Labute approximate surface area is 127 Å². The molecule has 21 heavy (non-hydrogen) atoms. The first-order chi connectivity index (χ1) is 10.2. The van der Waals surface area contributed by atoms with Crippen molar-refractivity contribution in [3.05, 3.63) is 35.4 Å². The highest BCUT2D eigenvalue weighted by atomic mass is 16.2. The molecule has 0 bridgehead atoms. The number of benzene rings is 1. The SMILES string of the molecule is Cc1ccccc1C1(C(=O)NC2CCNC2)CCCCC1. The van der Waals surface area contributed by atoms with E-state index in [1.165, 1.54) is 17.5 Å². The first-order valence-electron chi connectivity index (χ1n) is 8.30. The van der Waals surface area contributed by atoms with Gasteiger partial charge in [-0.2, -0.15) is 0 Å². The standard InChI is InChI=1S/C18H26N2O/c1-14-7-3-4-8-16(14)18(10-5-2-6-11-18)17(21)20-15-9-12-19-13-15/h3-4,7-8,15,19H,2,5-6,9-13H2,1H3,(H,20,21). The van der Waals surface area contributed by atoms with Crippen molar-refractivity contribution in [2.24, 2.45) is 0 Å². The van der Waals surface area contributed by atoms with Gasteiger partial charge in [-0.05, 0) is 43.9 Å². The number of amides is 1. The monoisotopic (exact) mass is 286 g/mol. The summed E-state index contributed by atoms with van der Waals surface area (Å²) in [5.74, 6) is 0.255. The minimum absolute atomic E-state index is 0.255. The molecule has 3 nitrogen and oxygen atoms in total. The van der Waals surface area contributed by atoms with Gasteiger partial charge in [-0.1, -0.05) is 43.5 Å². The average Bonchev–Trinajstić information content (AvgIpc) is 3.01. The van der Waals surface area contributed by atoms with Crippen LogP contribution in [0.5, 0.6) is 0 Å². The number of rotatable bonds is 3. The molecule has 2 fully saturated rings. The number of aryl methyl sites for hydroxylation is 1. The Balaban J connectivity index is 1.89. The molecule has 3 heteroatoms. The zero-order valence-electron chi connectivity index (χ0n) is 13.0. The number of nitrogens with one attached hydrogen (secondary N) is 2. The summed E-state index contributed by atoms with van der Waals surface area (Å²) in [5.41, 5.74) is 2.19. The van der Waals surface area contributed by atoms with Gasteiger partial charge in [-0.15, -0.1) is 0 Å². The third-order valence-electron chi connectivity index (χ3n) is 5.20. The molecule has 0 radical (unpaired) electrons. The molecule has 0 spiro atoms. The van der Waals surface area contributed by atoms with Gasteiger partial charge in [-0.3, -0.25) is 4.79 Å². The van der Waals surface area contributed by atoms with E-state index in [1.54, 1.807) is 0 Å². The maximum absolute atomic E-state index is 13.1. The molecule has 1 heterocycles. The van der Waals surface area contributed by atoms with Gasteiger partial charge in [0.15, 0.2) is 0 Å². The van der Waals surface area contributed by atoms with Crippen LogP contribution in [0.1, 0.15) is 49.7 Å². The van der Waals surface area contributed by atoms with E-state index in [-0.39, 0.29) is 11.3 Å². The molecule has 2 aliphatic rings.